The van der Waals surface area contributed by atoms with Gasteiger partial charge in [-0.25, -0.2) is 9.59 Å². The topological polar surface area (TPSA) is 57.5 Å². The van der Waals surface area contributed by atoms with Crippen LogP contribution >= 0.6 is 11.6 Å². The molecule has 0 saturated carbocycles. The molecule has 0 aliphatic heterocycles. The predicted molar refractivity (Wildman–Crippen MR) is 98.9 cm³/mol. The van der Waals surface area contributed by atoms with E-state index in [2.05, 4.69) is 0 Å². The molecule has 0 bridgehead atoms. The van der Waals surface area contributed by atoms with Gasteiger partial charge >= 0.3 is 11.9 Å². The number of hydrogen-bond donors (Lipinski definition) is 0. The van der Waals surface area contributed by atoms with Crippen molar-refractivity contribution in [3.05, 3.63) is 76.9 Å². The molecule has 0 aliphatic rings. The number of methoxy groups -OCH3 is 2. The third-order valence-corrected chi connectivity index (χ3v) is 4.20. The summed E-state index contributed by atoms with van der Waals surface area (Å²) in [5.74, 6) is -1.24. The molecule has 0 saturated heterocycles. The maximum atomic E-state index is 12.5. The highest BCUT2D eigenvalue weighted by molar-refractivity contribution is 6.30. The van der Waals surface area contributed by atoms with Crippen LogP contribution in [0.1, 0.15) is 20.7 Å². The number of para-hydroxylation sites is 1. The van der Waals surface area contributed by atoms with Crippen molar-refractivity contribution in [1.29, 1.82) is 0 Å². The van der Waals surface area contributed by atoms with Crippen LogP contribution in [0, 0.1) is 0 Å². The van der Waals surface area contributed by atoms with Crippen LogP contribution in [0.3, 0.4) is 0 Å². The van der Waals surface area contributed by atoms with Crippen LogP contribution in [0.15, 0.2) is 60.8 Å². The summed E-state index contributed by atoms with van der Waals surface area (Å²) in [5.41, 5.74) is 2.31. The lowest BCUT2D eigenvalue weighted by molar-refractivity contribution is 0.0557. The zero-order valence-electron chi connectivity index (χ0n) is 14.2. The number of nitrogens with zero attached hydrogens (tertiary/aromatic N) is 1. The van der Waals surface area contributed by atoms with E-state index in [9.17, 15) is 9.59 Å². The van der Waals surface area contributed by atoms with Crippen molar-refractivity contribution in [3.8, 4) is 16.9 Å². The molecule has 5 nitrogen and oxygen atoms in total. The van der Waals surface area contributed by atoms with Gasteiger partial charge in [0.05, 0.1) is 25.5 Å². The Morgan fingerprint density at radius 3 is 2.08 bits per heavy atom. The Balaban J connectivity index is 2.36. The van der Waals surface area contributed by atoms with Gasteiger partial charge in [-0.15, -0.1) is 0 Å². The summed E-state index contributed by atoms with van der Waals surface area (Å²) in [6, 6.07) is 16.4. The van der Waals surface area contributed by atoms with E-state index in [-0.39, 0.29) is 11.1 Å². The molecule has 0 N–H and O–H groups in total. The number of carbonyl (C=O) groups is 2. The molecule has 0 spiro atoms. The lowest BCUT2D eigenvalue weighted by Gasteiger charge is -2.11. The highest BCUT2D eigenvalue weighted by Crippen LogP contribution is 2.33. The normalized spacial score (nSPS) is 10.4. The molecule has 26 heavy (non-hydrogen) atoms. The van der Waals surface area contributed by atoms with E-state index >= 15 is 0 Å². The Kier molecular flexibility index (Phi) is 5.09. The van der Waals surface area contributed by atoms with E-state index in [4.69, 9.17) is 21.1 Å². The molecular formula is C20H16ClNO4. The van der Waals surface area contributed by atoms with Gasteiger partial charge in [0, 0.05) is 16.9 Å². The maximum Gasteiger partial charge on any atom is 0.340 e. The van der Waals surface area contributed by atoms with E-state index in [1.807, 2.05) is 30.3 Å². The molecule has 1 heterocycles. The fraction of sp³-hybridized carbons (Fsp3) is 0.100. The van der Waals surface area contributed by atoms with Gasteiger partial charge in [-0.3, -0.25) is 0 Å². The number of carbonyl (C=O) groups excluding carboxylic acids is 2. The summed E-state index contributed by atoms with van der Waals surface area (Å²) in [4.78, 5) is 24.8. The van der Waals surface area contributed by atoms with Crippen molar-refractivity contribution in [1.82, 2.24) is 4.57 Å². The van der Waals surface area contributed by atoms with Crippen molar-refractivity contribution in [3.63, 3.8) is 0 Å². The molecule has 3 aromatic rings. The van der Waals surface area contributed by atoms with Crippen LogP contribution < -0.4 is 0 Å². The van der Waals surface area contributed by atoms with Gasteiger partial charge in [-0.05, 0) is 29.8 Å². The predicted octanol–water partition coefficient (Wildman–Crippen LogP) is 4.37. The lowest BCUT2D eigenvalue weighted by atomic mass is 10.0. The molecule has 6 heteroatoms. The monoisotopic (exact) mass is 369 g/mol. The lowest BCUT2D eigenvalue weighted by Crippen LogP contribution is -2.10. The van der Waals surface area contributed by atoms with Crippen LogP contribution in [-0.4, -0.2) is 30.7 Å². The second-order valence-corrected chi connectivity index (χ2v) is 5.90. The molecule has 0 unspecified atom stereocenters. The minimum atomic E-state index is -0.620. The molecule has 0 radical (unpaired) electrons. The third-order valence-electron chi connectivity index (χ3n) is 3.95. The molecular weight excluding hydrogens is 354 g/mol. The standard InChI is InChI=1S/C20H16ClNO4/c1-25-19(23)16-12-22(15-6-4-3-5-7-15)18(17(16)20(24)26-2)13-8-10-14(21)11-9-13/h3-12H,1-2H3. The molecule has 2 aromatic carbocycles. The number of ether oxygens (including phenoxy) is 2. The second-order valence-electron chi connectivity index (χ2n) is 5.46. The minimum absolute atomic E-state index is 0.133. The van der Waals surface area contributed by atoms with E-state index in [1.54, 1.807) is 35.0 Å². The van der Waals surface area contributed by atoms with Gasteiger partial charge in [0.25, 0.3) is 0 Å². The Bertz CT molecular complexity index is 946. The zero-order valence-corrected chi connectivity index (χ0v) is 15.0. The first kappa shape index (κ1) is 17.8. The van der Waals surface area contributed by atoms with Gasteiger partial charge < -0.3 is 14.0 Å². The fourth-order valence-electron chi connectivity index (χ4n) is 2.76. The zero-order chi connectivity index (χ0) is 18.7. The third kappa shape index (κ3) is 3.21. The molecule has 3 rings (SSSR count). The van der Waals surface area contributed by atoms with E-state index < -0.39 is 11.9 Å². The fourth-order valence-corrected chi connectivity index (χ4v) is 2.89. The number of halogens is 1. The summed E-state index contributed by atoms with van der Waals surface area (Å²) in [6.07, 6.45) is 1.58. The molecule has 0 aliphatic carbocycles. The Morgan fingerprint density at radius 2 is 1.50 bits per heavy atom. The second kappa shape index (κ2) is 7.45. The van der Waals surface area contributed by atoms with E-state index in [0.717, 1.165) is 5.69 Å². The first-order valence-corrected chi connectivity index (χ1v) is 8.18. The summed E-state index contributed by atoms with van der Waals surface area (Å²) in [6.45, 7) is 0. The van der Waals surface area contributed by atoms with Crippen LogP contribution in [-0.2, 0) is 9.47 Å². The Labute approximate surface area is 155 Å². The van der Waals surface area contributed by atoms with Crippen LogP contribution in [0.5, 0.6) is 0 Å². The van der Waals surface area contributed by atoms with Crippen molar-refractivity contribution < 1.29 is 19.1 Å². The summed E-state index contributed by atoms with van der Waals surface area (Å²) < 4.78 is 11.5. The van der Waals surface area contributed by atoms with Crippen LogP contribution in [0.4, 0.5) is 0 Å². The van der Waals surface area contributed by atoms with Gasteiger partial charge in [-0.2, -0.15) is 0 Å². The van der Waals surface area contributed by atoms with Gasteiger partial charge in [0.15, 0.2) is 0 Å². The highest BCUT2D eigenvalue weighted by Gasteiger charge is 2.28. The van der Waals surface area contributed by atoms with Crippen molar-refractivity contribution in [2.24, 2.45) is 0 Å². The highest BCUT2D eigenvalue weighted by atomic mass is 35.5. The van der Waals surface area contributed by atoms with Crippen LogP contribution in [0.2, 0.25) is 5.02 Å². The number of aromatic nitrogens is 1. The van der Waals surface area contributed by atoms with Crippen LogP contribution in [0.25, 0.3) is 16.9 Å². The van der Waals surface area contributed by atoms with Crippen molar-refractivity contribution >= 4 is 23.5 Å². The number of rotatable bonds is 4. The van der Waals surface area contributed by atoms with E-state index in [1.165, 1.54) is 14.2 Å². The maximum absolute atomic E-state index is 12.5. The Hall–Kier alpha value is -3.05. The summed E-state index contributed by atoms with van der Waals surface area (Å²) in [5, 5.41) is 0.569. The first-order chi connectivity index (χ1) is 12.6. The number of hydrogen-bond acceptors (Lipinski definition) is 4. The first-order valence-electron chi connectivity index (χ1n) is 7.80. The smallest absolute Gasteiger partial charge is 0.340 e. The average molecular weight is 370 g/mol. The van der Waals surface area contributed by atoms with Gasteiger partial charge in [0.1, 0.15) is 5.56 Å². The largest absolute Gasteiger partial charge is 0.465 e. The van der Waals surface area contributed by atoms with Crippen molar-refractivity contribution in [2.45, 2.75) is 0 Å². The molecule has 0 amide bonds. The molecule has 0 fully saturated rings. The molecule has 0 atom stereocenters. The number of benzene rings is 2. The number of esters is 2. The van der Waals surface area contributed by atoms with Gasteiger partial charge in [0.2, 0.25) is 0 Å². The molecule has 1 aromatic heterocycles. The quantitative estimate of drug-likeness (QED) is 0.641. The van der Waals surface area contributed by atoms with E-state index in [0.29, 0.717) is 16.3 Å². The average Bonchev–Trinajstić information content (AvgIpc) is 3.08. The SMILES string of the molecule is COC(=O)c1cn(-c2ccccc2)c(-c2ccc(Cl)cc2)c1C(=O)OC. The summed E-state index contributed by atoms with van der Waals surface area (Å²) >= 11 is 5.99. The Morgan fingerprint density at radius 1 is 0.885 bits per heavy atom. The minimum Gasteiger partial charge on any atom is -0.465 e. The van der Waals surface area contributed by atoms with Crippen molar-refractivity contribution in [2.75, 3.05) is 14.2 Å². The van der Waals surface area contributed by atoms with Gasteiger partial charge in [-0.1, -0.05) is 41.9 Å². The molecule has 132 valence electrons. The summed E-state index contributed by atoms with van der Waals surface area (Å²) in [7, 11) is 2.54.